The molecule has 32 heavy (non-hydrogen) atoms. The summed E-state index contributed by atoms with van der Waals surface area (Å²) in [5.74, 6) is -0.341. The van der Waals surface area contributed by atoms with Crippen LogP contribution >= 0.6 is 0 Å². The number of H-pyrrole nitrogens is 1. The van der Waals surface area contributed by atoms with Crippen LogP contribution in [0.1, 0.15) is 69.4 Å². The number of hydrogen-bond donors (Lipinski definition) is 3. The lowest BCUT2D eigenvalue weighted by Crippen LogP contribution is -2.35. The zero-order valence-electron chi connectivity index (χ0n) is 17.7. The first-order chi connectivity index (χ1) is 14.7. The van der Waals surface area contributed by atoms with Gasteiger partial charge in [0.2, 0.25) is 5.91 Å². The molecule has 1 aliphatic carbocycles. The Morgan fingerprint density at radius 1 is 1.22 bits per heavy atom. The first kappa shape index (κ1) is 24.3. The van der Waals surface area contributed by atoms with Crippen molar-refractivity contribution in [1.82, 2.24) is 15.3 Å². The summed E-state index contributed by atoms with van der Waals surface area (Å²) in [4.78, 5) is 19.3. The highest BCUT2D eigenvalue weighted by Crippen LogP contribution is 2.44. The van der Waals surface area contributed by atoms with Gasteiger partial charge >= 0.3 is 12.4 Å². The van der Waals surface area contributed by atoms with Crippen molar-refractivity contribution < 1.29 is 31.1 Å². The van der Waals surface area contributed by atoms with Crippen molar-refractivity contribution >= 4 is 16.9 Å². The second kappa shape index (κ2) is 8.57. The van der Waals surface area contributed by atoms with Crippen LogP contribution in [0.25, 0.3) is 11.0 Å². The molecular formula is C21H26F6N4O. The maximum absolute atomic E-state index is 13.2. The SMILES string of the molecule is CC(C)(C[C@H](N)c1nc2ccc(C(NC(=O)CCC(F)(F)F)C3CC3)cc2[nH]1)C(F)(F)F. The summed E-state index contributed by atoms with van der Waals surface area (Å²) >= 11 is 0. The Morgan fingerprint density at radius 3 is 2.44 bits per heavy atom. The second-order valence-corrected chi connectivity index (χ2v) is 9.09. The Kier molecular flexibility index (Phi) is 6.52. The van der Waals surface area contributed by atoms with Gasteiger partial charge in [0.1, 0.15) is 5.82 Å². The fourth-order valence-electron chi connectivity index (χ4n) is 3.58. The van der Waals surface area contributed by atoms with Gasteiger partial charge in [-0.15, -0.1) is 0 Å². The van der Waals surface area contributed by atoms with Gasteiger partial charge in [0.25, 0.3) is 0 Å². The molecule has 2 atom stereocenters. The van der Waals surface area contributed by atoms with Crippen LogP contribution in [-0.4, -0.2) is 28.2 Å². The van der Waals surface area contributed by atoms with E-state index in [2.05, 4.69) is 15.3 Å². The molecule has 1 heterocycles. The minimum Gasteiger partial charge on any atom is -0.349 e. The Labute approximate surface area is 181 Å². The predicted molar refractivity (Wildman–Crippen MR) is 106 cm³/mol. The monoisotopic (exact) mass is 464 g/mol. The molecule has 4 N–H and O–H groups in total. The number of nitrogens with one attached hydrogen (secondary N) is 2. The van der Waals surface area contributed by atoms with Crippen LogP contribution in [0.3, 0.4) is 0 Å². The molecule has 11 heteroatoms. The molecule has 178 valence electrons. The first-order valence-corrected chi connectivity index (χ1v) is 10.3. The summed E-state index contributed by atoms with van der Waals surface area (Å²) in [7, 11) is 0. The molecular weight excluding hydrogens is 438 g/mol. The summed E-state index contributed by atoms with van der Waals surface area (Å²) in [6, 6.07) is 3.67. The van der Waals surface area contributed by atoms with Crippen molar-refractivity contribution in [2.24, 2.45) is 17.1 Å². The smallest absolute Gasteiger partial charge is 0.349 e. The van der Waals surface area contributed by atoms with Gasteiger partial charge in [-0.25, -0.2) is 4.98 Å². The molecule has 1 aromatic carbocycles. The number of imidazole rings is 1. The van der Waals surface area contributed by atoms with Crippen molar-refractivity contribution in [3.63, 3.8) is 0 Å². The Balaban J connectivity index is 1.76. The Bertz CT molecular complexity index is 961. The fourth-order valence-corrected chi connectivity index (χ4v) is 3.58. The minimum absolute atomic E-state index is 0.125. The van der Waals surface area contributed by atoms with Crippen LogP contribution in [0.15, 0.2) is 18.2 Å². The predicted octanol–water partition coefficient (Wildman–Crippen LogP) is 5.45. The summed E-state index contributed by atoms with van der Waals surface area (Å²) in [6.45, 7) is 2.16. The van der Waals surface area contributed by atoms with Crippen LogP contribution in [0.5, 0.6) is 0 Å². The molecule has 1 aromatic heterocycles. The van der Waals surface area contributed by atoms with E-state index >= 15 is 0 Å². The van der Waals surface area contributed by atoms with Gasteiger partial charge in [0.15, 0.2) is 0 Å². The van der Waals surface area contributed by atoms with Crippen LogP contribution in [0.2, 0.25) is 0 Å². The Hall–Kier alpha value is -2.30. The molecule has 1 unspecified atom stereocenters. The third-order valence-corrected chi connectivity index (χ3v) is 5.78. The van der Waals surface area contributed by atoms with Crippen LogP contribution in [0, 0.1) is 11.3 Å². The lowest BCUT2D eigenvalue weighted by Gasteiger charge is -2.29. The molecule has 0 aliphatic heterocycles. The van der Waals surface area contributed by atoms with E-state index in [-0.39, 0.29) is 18.2 Å². The number of hydrogen-bond acceptors (Lipinski definition) is 3. The summed E-state index contributed by atoms with van der Waals surface area (Å²) < 4.78 is 76.7. The summed E-state index contributed by atoms with van der Waals surface area (Å²) in [6.07, 6.45) is -9.33. The molecule has 1 saturated carbocycles. The number of aromatic nitrogens is 2. The number of alkyl halides is 6. The van der Waals surface area contributed by atoms with E-state index in [0.29, 0.717) is 16.6 Å². The normalized spacial score (nSPS) is 17.4. The van der Waals surface area contributed by atoms with Gasteiger partial charge < -0.3 is 16.0 Å². The second-order valence-electron chi connectivity index (χ2n) is 9.09. The largest absolute Gasteiger partial charge is 0.394 e. The fraction of sp³-hybridized carbons (Fsp3) is 0.619. The molecule has 1 fully saturated rings. The zero-order valence-corrected chi connectivity index (χ0v) is 17.7. The van der Waals surface area contributed by atoms with E-state index in [1.807, 2.05) is 0 Å². The third-order valence-electron chi connectivity index (χ3n) is 5.78. The van der Waals surface area contributed by atoms with Gasteiger partial charge in [0, 0.05) is 6.42 Å². The maximum atomic E-state index is 13.2. The number of nitrogens with zero attached hydrogens (tertiary/aromatic N) is 1. The number of halogens is 6. The van der Waals surface area contributed by atoms with E-state index in [1.54, 1.807) is 18.2 Å². The van der Waals surface area contributed by atoms with E-state index in [9.17, 15) is 31.1 Å². The van der Waals surface area contributed by atoms with E-state index < -0.39 is 48.6 Å². The number of fused-ring (bicyclic) bond motifs is 1. The van der Waals surface area contributed by atoms with E-state index in [1.165, 1.54) is 0 Å². The highest BCUT2D eigenvalue weighted by Gasteiger charge is 2.48. The van der Waals surface area contributed by atoms with Crippen molar-refractivity contribution in [3.8, 4) is 0 Å². The molecule has 3 rings (SSSR count). The third kappa shape index (κ3) is 5.93. The molecule has 0 spiro atoms. The van der Waals surface area contributed by atoms with Gasteiger partial charge in [-0.2, -0.15) is 26.3 Å². The molecule has 1 aliphatic rings. The molecule has 2 aromatic rings. The Morgan fingerprint density at radius 2 is 1.88 bits per heavy atom. The molecule has 0 saturated heterocycles. The van der Waals surface area contributed by atoms with E-state index in [4.69, 9.17) is 5.73 Å². The number of rotatable bonds is 8. The van der Waals surface area contributed by atoms with E-state index in [0.717, 1.165) is 26.7 Å². The summed E-state index contributed by atoms with van der Waals surface area (Å²) in [5, 5.41) is 2.69. The highest BCUT2D eigenvalue weighted by molar-refractivity contribution is 5.78. The first-order valence-electron chi connectivity index (χ1n) is 10.3. The average Bonchev–Trinajstić information content (AvgIpc) is 3.40. The number of benzene rings is 1. The maximum Gasteiger partial charge on any atom is 0.394 e. The zero-order chi connectivity index (χ0) is 23.9. The average molecular weight is 464 g/mol. The van der Waals surface area contributed by atoms with Crippen LogP contribution in [-0.2, 0) is 4.79 Å². The minimum atomic E-state index is -4.41. The molecule has 5 nitrogen and oxygen atoms in total. The lowest BCUT2D eigenvalue weighted by atomic mass is 9.85. The van der Waals surface area contributed by atoms with Gasteiger partial charge in [0.05, 0.1) is 35.0 Å². The number of nitrogens with two attached hydrogens (primary N) is 1. The highest BCUT2D eigenvalue weighted by atomic mass is 19.4. The van der Waals surface area contributed by atoms with Crippen molar-refractivity contribution in [3.05, 3.63) is 29.6 Å². The quantitative estimate of drug-likeness (QED) is 0.454. The molecule has 0 radical (unpaired) electrons. The lowest BCUT2D eigenvalue weighted by molar-refractivity contribution is -0.215. The number of carbonyl (C=O) groups is 1. The number of aromatic amines is 1. The standard InChI is InChI=1S/C21H26F6N4O/c1-19(2,21(25,26)27)10-13(28)18-29-14-6-5-12(9-15(14)30-18)17(11-3-4-11)31-16(32)7-8-20(22,23)24/h5-6,9,11,13,17H,3-4,7-8,10,28H2,1-2H3,(H,29,30)(H,31,32)/t13-,17?/m0/s1. The van der Waals surface area contributed by atoms with Gasteiger partial charge in [-0.3, -0.25) is 4.79 Å². The van der Waals surface area contributed by atoms with Crippen molar-refractivity contribution in [1.29, 1.82) is 0 Å². The van der Waals surface area contributed by atoms with Crippen LogP contribution in [0.4, 0.5) is 26.3 Å². The molecule has 1 amide bonds. The van der Waals surface area contributed by atoms with Crippen molar-refractivity contribution in [2.75, 3.05) is 0 Å². The topological polar surface area (TPSA) is 83.8 Å². The number of amides is 1. The van der Waals surface area contributed by atoms with Gasteiger partial charge in [-0.05, 0) is 42.9 Å². The number of carbonyl (C=O) groups excluding carboxylic acids is 1. The van der Waals surface area contributed by atoms with Crippen molar-refractivity contribution in [2.45, 2.75) is 70.4 Å². The molecule has 0 bridgehead atoms. The summed E-state index contributed by atoms with van der Waals surface area (Å²) in [5.41, 5.74) is 5.73. The van der Waals surface area contributed by atoms with Gasteiger partial charge in [-0.1, -0.05) is 19.9 Å². The van der Waals surface area contributed by atoms with Crippen LogP contribution < -0.4 is 11.1 Å².